The van der Waals surface area contributed by atoms with Crippen LogP contribution in [0.25, 0.3) is 0 Å². The summed E-state index contributed by atoms with van der Waals surface area (Å²) >= 11 is 3.24. The first-order chi connectivity index (χ1) is 20.3. The number of carbonyl (C=O) groups is 6. The minimum Gasteiger partial charge on any atom is -0.398 e. The standard InChI is InChI=1S/C29H46BrN7O6/c1-6-21(38)15-32-29(43)24(10-8-9-13-37(7-2)18(3)4)36-26(40)17-33-27(41)19(5)35-25(39)16-34-28(42)20-11-12-22(30)23(31)14-20/h11-12,14,18-19,24H,6-10,13,15-17,31H2,1-5H3,(H,32,43)(H,33,41)(H,34,42)(H,35,39)(H,36,40). The molecule has 0 aliphatic carbocycles. The van der Waals surface area contributed by atoms with E-state index in [0.29, 0.717) is 29.0 Å². The average molecular weight is 669 g/mol. The molecule has 0 aromatic heterocycles. The molecule has 0 aliphatic rings. The number of benzene rings is 1. The molecule has 13 nitrogen and oxygen atoms in total. The number of unbranched alkanes of at least 4 members (excludes halogenated alkanes) is 1. The van der Waals surface area contributed by atoms with Crippen molar-refractivity contribution in [2.45, 2.75) is 78.4 Å². The second kappa shape index (κ2) is 19.6. The van der Waals surface area contributed by atoms with Crippen molar-refractivity contribution in [3.63, 3.8) is 0 Å². The third-order valence-corrected chi connectivity index (χ3v) is 7.41. The number of carbonyl (C=O) groups excluding carboxylic acids is 6. The Kier molecular flexibility index (Phi) is 17.1. The molecule has 2 unspecified atom stereocenters. The molecule has 0 spiro atoms. The van der Waals surface area contributed by atoms with Gasteiger partial charge < -0.3 is 37.2 Å². The van der Waals surface area contributed by atoms with Crippen molar-refractivity contribution in [2.24, 2.45) is 0 Å². The van der Waals surface area contributed by atoms with E-state index in [0.717, 1.165) is 19.5 Å². The maximum Gasteiger partial charge on any atom is 0.251 e. The molecule has 2 atom stereocenters. The lowest BCUT2D eigenvalue weighted by atomic mass is 10.1. The van der Waals surface area contributed by atoms with E-state index >= 15 is 0 Å². The van der Waals surface area contributed by atoms with Crippen LogP contribution in [-0.4, -0.2) is 91.1 Å². The molecule has 0 bridgehead atoms. The van der Waals surface area contributed by atoms with E-state index in [1.54, 1.807) is 19.1 Å². The van der Waals surface area contributed by atoms with Gasteiger partial charge in [0.05, 0.1) is 19.6 Å². The predicted molar refractivity (Wildman–Crippen MR) is 168 cm³/mol. The highest BCUT2D eigenvalue weighted by atomic mass is 79.9. The van der Waals surface area contributed by atoms with Gasteiger partial charge in [-0.15, -0.1) is 0 Å². The Bertz CT molecular complexity index is 1130. The van der Waals surface area contributed by atoms with Gasteiger partial charge in [0, 0.05) is 28.2 Å². The molecule has 0 heterocycles. The van der Waals surface area contributed by atoms with Gasteiger partial charge in [0.15, 0.2) is 5.78 Å². The highest BCUT2D eigenvalue weighted by Gasteiger charge is 2.22. The molecule has 1 rings (SSSR count). The third-order valence-electron chi connectivity index (χ3n) is 6.69. The van der Waals surface area contributed by atoms with Crippen molar-refractivity contribution < 1.29 is 28.8 Å². The van der Waals surface area contributed by atoms with Gasteiger partial charge >= 0.3 is 0 Å². The Morgan fingerprint density at radius 2 is 1.49 bits per heavy atom. The number of ketones is 1. The van der Waals surface area contributed by atoms with E-state index in [4.69, 9.17) is 5.73 Å². The van der Waals surface area contributed by atoms with Crippen LogP contribution in [0, 0.1) is 0 Å². The number of amides is 5. The lowest BCUT2D eigenvalue weighted by Crippen LogP contribution is -2.52. The van der Waals surface area contributed by atoms with Crippen LogP contribution in [0.5, 0.6) is 0 Å². The van der Waals surface area contributed by atoms with Gasteiger partial charge in [-0.1, -0.05) is 13.8 Å². The zero-order valence-corrected chi connectivity index (χ0v) is 27.3. The van der Waals surface area contributed by atoms with Gasteiger partial charge in [0.25, 0.3) is 5.91 Å². The highest BCUT2D eigenvalue weighted by molar-refractivity contribution is 9.10. The van der Waals surface area contributed by atoms with Gasteiger partial charge in [-0.2, -0.15) is 0 Å². The van der Waals surface area contributed by atoms with Gasteiger partial charge in [-0.3, -0.25) is 28.8 Å². The van der Waals surface area contributed by atoms with Crippen molar-refractivity contribution in [3.05, 3.63) is 28.2 Å². The Labute approximate surface area is 262 Å². The first kappa shape index (κ1) is 37.5. The van der Waals surface area contributed by atoms with Crippen molar-refractivity contribution in [2.75, 3.05) is 38.5 Å². The van der Waals surface area contributed by atoms with Crippen molar-refractivity contribution >= 4 is 56.9 Å². The summed E-state index contributed by atoms with van der Waals surface area (Å²) < 4.78 is 0.637. The molecule has 0 aliphatic heterocycles. The highest BCUT2D eigenvalue weighted by Crippen LogP contribution is 2.20. The molecule has 43 heavy (non-hydrogen) atoms. The number of hydrogen-bond donors (Lipinski definition) is 6. The first-order valence-electron chi connectivity index (χ1n) is 14.5. The van der Waals surface area contributed by atoms with Crippen molar-refractivity contribution in [1.29, 1.82) is 0 Å². The molecule has 0 saturated heterocycles. The fraction of sp³-hybridized carbons (Fsp3) is 0.586. The van der Waals surface area contributed by atoms with Crippen LogP contribution in [-0.2, 0) is 24.0 Å². The third kappa shape index (κ3) is 14.5. The quantitative estimate of drug-likeness (QED) is 0.0924. The van der Waals surface area contributed by atoms with E-state index < -0.39 is 48.2 Å². The van der Waals surface area contributed by atoms with Gasteiger partial charge in [-0.25, -0.2) is 0 Å². The molecule has 1 aromatic rings. The number of anilines is 1. The Hall–Kier alpha value is -3.52. The Morgan fingerprint density at radius 1 is 0.860 bits per heavy atom. The number of hydrogen-bond acceptors (Lipinski definition) is 8. The summed E-state index contributed by atoms with van der Waals surface area (Å²) in [5.41, 5.74) is 6.41. The van der Waals surface area contributed by atoms with Gasteiger partial charge in [-0.05, 0) is 87.3 Å². The first-order valence-corrected chi connectivity index (χ1v) is 15.3. The molecular formula is C29H46BrN7O6. The fourth-order valence-corrected chi connectivity index (χ4v) is 4.27. The molecule has 14 heteroatoms. The monoisotopic (exact) mass is 667 g/mol. The van der Waals surface area contributed by atoms with Gasteiger partial charge in [0.2, 0.25) is 23.6 Å². The smallest absolute Gasteiger partial charge is 0.251 e. The number of nitrogen functional groups attached to an aromatic ring is 1. The zero-order valence-electron chi connectivity index (χ0n) is 25.7. The summed E-state index contributed by atoms with van der Waals surface area (Å²) in [4.78, 5) is 76.3. The van der Waals surface area contributed by atoms with E-state index in [9.17, 15) is 28.8 Å². The van der Waals surface area contributed by atoms with E-state index in [2.05, 4.69) is 68.2 Å². The minimum atomic E-state index is -0.998. The van der Waals surface area contributed by atoms with E-state index in [-0.39, 0.29) is 30.9 Å². The number of nitrogens with one attached hydrogen (secondary N) is 5. The summed E-state index contributed by atoms with van der Waals surface area (Å²) in [6, 6.07) is 3.15. The maximum atomic E-state index is 12.7. The van der Waals surface area contributed by atoms with Gasteiger partial charge in [0.1, 0.15) is 12.1 Å². The SMILES string of the molecule is CCC(=O)CNC(=O)C(CCCCN(CC)C(C)C)NC(=O)CNC(=O)C(C)NC(=O)CNC(=O)c1ccc(Br)c(N)c1. The number of rotatable bonds is 19. The molecular weight excluding hydrogens is 622 g/mol. The van der Waals surface area contributed by atoms with Crippen LogP contribution >= 0.6 is 15.9 Å². The fourth-order valence-electron chi connectivity index (χ4n) is 4.02. The van der Waals surface area contributed by atoms with Crippen LogP contribution in [0.15, 0.2) is 22.7 Å². The summed E-state index contributed by atoms with van der Waals surface area (Å²) in [7, 11) is 0. The zero-order chi connectivity index (χ0) is 32.5. The lowest BCUT2D eigenvalue weighted by molar-refractivity contribution is -0.131. The molecule has 0 radical (unpaired) electrons. The van der Waals surface area contributed by atoms with E-state index in [1.165, 1.54) is 13.0 Å². The average Bonchev–Trinajstić information content (AvgIpc) is 2.97. The Balaban J connectivity index is 2.57. The van der Waals surface area contributed by atoms with Crippen LogP contribution in [0.2, 0.25) is 0 Å². The Morgan fingerprint density at radius 3 is 2.09 bits per heavy atom. The molecule has 0 fully saturated rings. The van der Waals surface area contributed by atoms with Crippen LogP contribution in [0.1, 0.15) is 70.7 Å². The molecule has 1 aromatic carbocycles. The molecule has 0 saturated carbocycles. The minimum absolute atomic E-state index is 0.121. The summed E-state index contributed by atoms with van der Waals surface area (Å²) in [5, 5.41) is 12.5. The van der Waals surface area contributed by atoms with Crippen LogP contribution < -0.4 is 32.3 Å². The second-order valence-electron chi connectivity index (χ2n) is 10.4. The number of halogens is 1. The predicted octanol–water partition coefficient (Wildman–Crippen LogP) is 0.863. The van der Waals surface area contributed by atoms with Crippen molar-refractivity contribution in [1.82, 2.24) is 31.5 Å². The molecule has 7 N–H and O–H groups in total. The second-order valence-corrected chi connectivity index (χ2v) is 11.2. The number of Topliss-reactive ketones (excluding diaryl/α,β-unsaturated/α-hetero) is 1. The summed E-state index contributed by atoms with van der Waals surface area (Å²) in [6.07, 6.45) is 2.15. The maximum absolute atomic E-state index is 12.7. The van der Waals surface area contributed by atoms with E-state index in [1.807, 2.05) is 0 Å². The number of nitrogens with zero attached hydrogens (tertiary/aromatic N) is 1. The topological polar surface area (TPSA) is 192 Å². The lowest BCUT2D eigenvalue weighted by Gasteiger charge is -2.25. The molecule has 5 amide bonds. The summed E-state index contributed by atoms with van der Waals surface area (Å²) in [5.74, 6) is -2.93. The van der Waals surface area contributed by atoms with Crippen LogP contribution in [0.3, 0.4) is 0 Å². The van der Waals surface area contributed by atoms with Crippen LogP contribution in [0.4, 0.5) is 5.69 Å². The van der Waals surface area contributed by atoms with Crippen molar-refractivity contribution in [3.8, 4) is 0 Å². The summed E-state index contributed by atoms with van der Waals surface area (Å²) in [6.45, 7) is 10.3. The normalized spacial score (nSPS) is 12.3. The molecule has 240 valence electrons. The largest absolute Gasteiger partial charge is 0.398 e. The number of nitrogens with two attached hydrogens (primary N) is 1.